The molecule has 7 rings (SSSR count). The number of rotatable bonds is 13. The van der Waals surface area contributed by atoms with Crippen LogP contribution in [0.15, 0.2) is 130 Å². The summed E-state index contributed by atoms with van der Waals surface area (Å²) in [7, 11) is -9.15. The van der Waals surface area contributed by atoms with Crippen molar-refractivity contribution >= 4 is 65.6 Å². The summed E-state index contributed by atoms with van der Waals surface area (Å²) >= 11 is 0. The molecule has 13 nitrogen and oxygen atoms in total. The summed E-state index contributed by atoms with van der Waals surface area (Å²) in [6.07, 6.45) is -0.351. The number of fused-ring (bicyclic) bond motifs is 2. The summed E-state index contributed by atoms with van der Waals surface area (Å²) < 4.78 is 68.2. The predicted octanol–water partition coefficient (Wildman–Crippen LogP) is 6.19. The summed E-state index contributed by atoms with van der Waals surface area (Å²) in [6, 6.07) is 28.3. The topological polar surface area (TPSA) is 211 Å². The second-order valence-corrected chi connectivity index (χ2v) is 16.6. The summed E-state index contributed by atoms with van der Waals surface area (Å²) in [4.78, 5) is 69.4. The Hall–Kier alpha value is -6.55. The van der Waals surface area contributed by atoms with E-state index in [2.05, 4.69) is 10.3 Å². The van der Waals surface area contributed by atoms with Crippen LogP contribution in [0.25, 0.3) is 22.0 Å². The number of Topliss-reactive ketones (excluding diaryl/α,β-unsaturated/α-hetero) is 1. The number of ketones is 3. The molecule has 5 aromatic carbocycles. The maximum atomic E-state index is 14.3. The average molecular weight is 805 g/mol. The molecule has 288 valence electrons. The molecule has 0 radical (unpaired) electrons. The maximum Gasteiger partial charge on any atom is 0.316 e. The lowest BCUT2D eigenvalue weighted by molar-refractivity contribution is -0.146. The molecule has 0 saturated heterocycles. The third kappa shape index (κ3) is 7.31. The van der Waals surface area contributed by atoms with E-state index in [1.165, 1.54) is 60.7 Å². The molecular weight excluding hydrogens is 773 g/mol. The number of aromatic nitrogens is 1. The average Bonchev–Trinajstić information content (AvgIpc) is 3.20. The number of H-pyrrole nitrogens is 1. The Bertz CT molecular complexity index is 2910. The van der Waals surface area contributed by atoms with Crippen LogP contribution >= 0.6 is 0 Å². The lowest BCUT2D eigenvalue weighted by atomic mass is 9.80. The van der Waals surface area contributed by atoms with E-state index in [0.717, 1.165) is 6.07 Å². The van der Waals surface area contributed by atoms with Crippen molar-refractivity contribution in [3.63, 3.8) is 0 Å². The third-order valence-electron chi connectivity index (χ3n) is 9.58. The van der Waals surface area contributed by atoms with Gasteiger partial charge < -0.3 is 15.0 Å². The molecular formula is C42H32N2O11S2. The van der Waals surface area contributed by atoms with Gasteiger partial charge in [-0.3, -0.25) is 28.5 Å². The Balaban J connectivity index is 1.29. The molecule has 1 aromatic heterocycles. The zero-order chi connectivity index (χ0) is 40.6. The van der Waals surface area contributed by atoms with E-state index in [9.17, 15) is 45.4 Å². The fraction of sp³-hybridized carbons (Fsp3) is 0.119. The minimum atomic E-state index is -5.07. The molecule has 1 aliphatic carbocycles. The second kappa shape index (κ2) is 15.2. The van der Waals surface area contributed by atoms with Crippen molar-refractivity contribution in [1.82, 2.24) is 4.98 Å². The quantitative estimate of drug-likeness (QED) is 0.0516. The summed E-state index contributed by atoms with van der Waals surface area (Å²) in [6.45, 7) is 1.57. The van der Waals surface area contributed by atoms with Gasteiger partial charge in [-0.05, 0) is 49.2 Å². The second-order valence-electron chi connectivity index (χ2n) is 13.1. The Kier molecular flexibility index (Phi) is 10.3. The lowest BCUT2D eigenvalue weighted by Gasteiger charge is -2.25. The lowest BCUT2D eigenvalue weighted by Crippen LogP contribution is -2.28. The van der Waals surface area contributed by atoms with Crippen LogP contribution in [-0.4, -0.2) is 62.1 Å². The number of hydrogen-bond donors (Lipinski definition) is 3. The Morgan fingerprint density at radius 1 is 0.772 bits per heavy atom. The number of esters is 1. The van der Waals surface area contributed by atoms with E-state index >= 15 is 0 Å². The first-order valence-corrected chi connectivity index (χ1v) is 20.6. The van der Waals surface area contributed by atoms with Gasteiger partial charge in [0.25, 0.3) is 15.7 Å². The summed E-state index contributed by atoms with van der Waals surface area (Å²) in [5, 5.41) is 2.86. The first kappa shape index (κ1) is 38.7. The molecule has 57 heavy (non-hydrogen) atoms. The fourth-order valence-electron chi connectivity index (χ4n) is 6.93. The standard InChI is InChI=1S/C42H32N2O11S2/c1-2-55-42(49)30(38(45)24-11-5-3-6-12-24)21-22-56(50,51)27-19-17-26(18-20-27)43-31-23-32(57(52,53)54)37-35-33(28-15-9-10-16-29(28)40(47)34(31)35)36(41(48)44-37)39(46)25-13-7-4-8-14-25/h3-20,23,30,43H,2,21-22H2,1H3,(H,44,48)(H,52,53,54). The minimum absolute atomic E-state index is 0.00494. The van der Waals surface area contributed by atoms with E-state index in [1.807, 2.05) is 0 Å². The van der Waals surface area contributed by atoms with Crippen molar-refractivity contribution in [2.24, 2.45) is 5.92 Å². The zero-order valence-electron chi connectivity index (χ0n) is 30.0. The third-order valence-corrected chi connectivity index (χ3v) is 12.2. The molecule has 15 heteroatoms. The number of anilines is 2. The van der Waals surface area contributed by atoms with Crippen LogP contribution < -0.4 is 10.9 Å². The molecule has 0 fully saturated rings. The number of nitrogens with one attached hydrogen (secondary N) is 2. The van der Waals surface area contributed by atoms with Gasteiger partial charge in [0.2, 0.25) is 0 Å². The Morgan fingerprint density at radius 3 is 1.98 bits per heavy atom. The van der Waals surface area contributed by atoms with Gasteiger partial charge in [0.15, 0.2) is 27.2 Å². The Morgan fingerprint density at radius 2 is 1.37 bits per heavy atom. The number of carbonyl (C=O) groups is 4. The van der Waals surface area contributed by atoms with Crippen molar-refractivity contribution in [2.45, 2.75) is 23.1 Å². The van der Waals surface area contributed by atoms with Crippen molar-refractivity contribution in [3.05, 3.63) is 153 Å². The van der Waals surface area contributed by atoms with Gasteiger partial charge in [-0.1, -0.05) is 84.9 Å². The molecule has 3 N–H and O–H groups in total. The normalized spacial score (nSPS) is 12.8. The van der Waals surface area contributed by atoms with E-state index in [4.69, 9.17) is 4.74 Å². The highest BCUT2D eigenvalue weighted by Gasteiger charge is 2.36. The van der Waals surface area contributed by atoms with Crippen molar-refractivity contribution in [3.8, 4) is 11.1 Å². The zero-order valence-corrected chi connectivity index (χ0v) is 31.6. The number of benzene rings is 5. The number of carbonyl (C=O) groups excluding carboxylic acids is 4. The minimum Gasteiger partial charge on any atom is -0.465 e. The number of sulfone groups is 1. The van der Waals surface area contributed by atoms with Gasteiger partial charge in [-0.2, -0.15) is 8.42 Å². The van der Waals surface area contributed by atoms with Crippen molar-refractivity contribution < 1.29 is 45.3 Å². The fourth-order valence-corrected chi connectivity index (χ4v) is 8.94. The molecule has 6 aromatic rings. The first-order valence-electron chi connectivity index (χ1n) is 17.5. The predicted molar refractivity (Wildman–Crippen MR) is 210 cm³/mol. The molecule has 1 unspecified atom stereocenters. The van der Waals surface area contributed by atoms with Crippen LogP contribution in [0.1, 0.15) is 55.5 Å². The highest BCUT2D eigenvalue weighted by atomic mass is 32.2. The first-order chi connectivity index (χ1) is 27.2. The van der Waals surface area contributed by atoms with E-state index in [0.29, 0.717) is 0 Å². The van der Waals surface area contributed by atoms with Gasteiger partial charge >= 0.3 is 5.97 Å². The monoisotopic (exact) mass is 804 g/mol. The highest BCUT2D eigenvalue weighted by Crippen LogP contribution is 2.45. The maximum absolute atomic E-state index is 14.3. The molecule has 0 bridgehead atoms. The smallest absolute Gasteiger partial charge is 0.316 e. The van der Waals surface area contributed by atoms with E-state index in [-0.39, 0.29) is 79.1 Å². The van der Waals surface area contributed by atoms with Crippen LogP contribution in [0.2, 0.25) is 0 Å². The van der Waals surface area contributed by atoms with Gasteiger partial charge in [0.05, 0.1) is 39.6 Å². The van der Waals surface area contributed by atoms with Crippen molar-refractivity contribution in [2.75, 3.05) is 17.7 Å². The summed E-state index contributed by atoms with van der Waals surface area (Å²) in [5.74, 6) is -4.63. The Labute approximate surface area is 326 Å². The van der Waals surface area contributed by atoms with Crippen LogP contribution in [0.5, 0.6) is 0 Å². The van der Waals surface area contributed by atoms with Crippen LogP contribution in [-0.2, 0) is 29.5 Å². The number of hydrogen-bond acceptors (Lipinski definition) is 11. The van der Waals surface area contributed by atoms with Crippen molar-refractivity contribution in [1.29, 1.82) is 0 Å². The number of pyridine rings is 1. The van der Waals surface area contributed by atoms with Crippen LogP contribution in [0, 0.1) is 5.92 Å². The molecule has 1 aliphatic rings. The SMILES string of the molecule is CCOC(=O)C(CCS(=O)(=O)c1ccc(Nc2cc(S(=O)(=O)O)c3[nH]c(=O)c(C(=O)c4ccccc4)c4c3c2C(=O)c2ccccc2-4)cc1)C(=O)c1ccccc1. The van der Waals surface area contributed by atoms with E-state index < -0.39 is 65.4 Å². The molecule has 0 saturated carbocycles. The highest BCUT2D eigenvalue weighted by molar-refractivity contribution is 7.91. The van der Waals surface area contributed by atoms with Crippen LogP contribution in [0.4, 0.5) is 11.4 Å². The van der Waals surface area contributed by atoms with Gasteiger partial charge in [0.1, 0.15) is 10.8 Å². The molecule has 0 amide bonds. The molecule has 1 atom stereocenters. The number of ether oxygens (including phenoxy) is 1. The molecule has 0 aliphatic heterocycles. The van der Waals surface area contributed by atoms with Gasteiger partial charge in [0, 0.05) is 33.3 Å². The molecule has 0 spiro atoms. The van der Waals surface area contributed by atoms with Gasteiger partial charge in [-0.25, -0.2) is 8.42 Å². The number of aromatic amines is 1. The molecule has 1 heterocycles. The van der Waals surface area contributed by atoms with Crippen LogP contribution in [0.3, 0.4) is 0 Å². The largest absolute Gasteiger partial charge is 0.465 e. The van der Waals surface area contributed by atoms with E-state index in [1.54, 1.807) is 55.5 Å². The summed E-state index contributed by atoms with van der Waals surface area (Å²) in [5.41, 5.74) is -1.03. The van der Waals surface area contributed by atoms with Gasteiger partial charge in [-0.15, -0.1) is 0 Å².